The summed E-state index contributed by atoms with van der Waals surface area (Å²) in [5.74, 6) is 0. The van der Waals surface area contributed by atoms with Gasteiger partial charge in [0.05, 0.1) is 6.61 Å². The summed E-state index contributed by atoms with van der Waals surface area (Å²) in [6.45, 7) is 5.94. The monoisotopic (exact) mass is 184 g/mol. The van der Waals surface area contributed by atoms with Crippen LogP contribution >= 0.6 is 0 Å². The van der Waals surface area contributed by atoms with Gasteiger partial charge in [0.2, 0.25) is 0 Å². The van der Waals surface area contributed by atoms with Crippen molar-refractivity contribution in [2.75, 3.05) is 26.2 Å². The second-order valence-electron chi connectivity index (χ2n) is 4.35. The minimum atomic E-state index is 0.118. The molecule has 0 bridgehead atoms. The lowest BCUT2D eigenvalue weighted by molar-refractivity contribution is 0.0114. The first kappa shape index (κ1) is 9.44. The van der Waals surface area contributed by atoms with Crippen molar-refractivity contribution >= 4 is 0 Å². The Hall–Kier alpha value is -0.120. The van der Waals surface area contributed by atoms with E-state index in [1.807, 2.05) is 0 Å². The van der Waals surface area contributed by atoms with Gasteiger partial charge < -0.3 is 10.4 Å². The Labute approximate surface area is 80.1 Å². The molecule has 0 aromatic heterocycles. The van der Waals surface area contributed by atoms with Crippen LogP contribution in [0.1, 0.15) is 26.2 Å². The van der Waals surface area contributed by atoms with Crippen LogP contribution in [0, 0.1) is 0 Å². The Morgan fingerprint density at radius 1 is 1.54 bits per heavy atom. The van der Waals surface area contributed by atoms with E-state index in [-0.39, 0.29) is 5.54 Å². The average molecular weight is 184 g/mol. The van der Waals surface area contributed by atoms with Crippen molar-refractivity contribution in [3.63, 3.8) is 0 Å². The van der Waals surface area contributed by atoms with Crippen molar-refractivity contribution in [3.8, 4) is 0 Å². The number of hydrogen-bond acceptors (Lipinski definition) is 3. The van der Waals surface area contributed by atoms with Crippen LogP contribution in [0.3, 0.4) is 0 Å². The molecule has 0 amide bonds. The Morgan fingerprint density at radius 2 is 2.31 bits per heavy atom. The van der Waals surface area contributed by atoms with Gasteiger partial charge >= 0.3 is 0 Å². The zero-order valence-electron chi connectivity index (χ0n) is 8.42. The number of aliphatic hydroxyl groups excluding tert-OH is 1. The molecule has 13 heavy (non-hydrogen) atoms. The van der Waals surface area contributed by atoms with E-state index in [0.29, 0.717) is 12.6 Å². The van der Waals surface area contributed by atoms with Crippen molar-refractivity contribution in [3.05, 3.63) is 0 Å². The standard InChI is InChI=1S/C10H20N2O/c1-2-10(8-13)4-3-5-12(10)9-6-11-7-9/h9,11,13H,2-8H2,1H3. The predicted octanol–water partition coefficient (Wildman–Crippen LogP) is 0.195. The van der Waals surface area contributed by atoms with Crippen LogP contribution in [0.2, 0.25) is 0 Å². The summed E-state index contributed by atoms with van der Waals surface area (Å²) in [5, 5.41) is 12.8. The third-order valence-electron chi connectivity index (χ3n) is 3.80. The van der Waals surface area contributed by atoms with Crippen LogP contribution in [-0.2, 0) is 0 Å². The van der Waals surface area contributed by atoms with E-state index in [0.717, 1.165) is 19.5 Å². The van der Waals surface area contributed by atoms with Gasteiger partial charge in [0, 0.05) is 24.7 Å². The highest BCUT2D eigenvalue weighted by Gasteiger charge is 2.43. The fraction of sp³-hybridized carbons (Fsp3) is 1.00. The summed E-state index contributed by atoms with van der Waals surface area (Å²) in [6.07, 6.45) is 3.52. The van der Waals surface area contributed by atoms with Gasteiger partial charge in [0.1, 0.15) is 0 Å². The number of rotatable bonds is 3. The molecule has 76 valence electrons. The number of nitrogens with one attached hydrogen (secondary N) is 1. The minimum Gasteiger partial charge on any atom is -0.394 e. The molecule has 3 nitrogen and oxygen atoms in total. The summed E-state index contributed by atoms with van der Waals surface area (Å²) in [5.41, 5.74) is 0.118. The van der Waals surface area contributed by atoms with Crippen LogP contribution in [0.15, 0.2) is 0 Å². The van der Waals surface area contributed by atoms with Gasteiger partial charge in [-0.2, -0.15) is 0 Å². The largest absolute Gasteiger partial charge is 0.394 e. The predicted molar refractivity (Wildman–Crippen MR) is 52.7 cm³/mol. The number of hydrogen-bond donors (Lipinski definition) is 2. The van der Waals surface area contributed by atoms with Gasteiger partial charge in [-0.1, -0.05) is 6.92 Å². The molecule has 0 aliphatic carbocycles. The number of likely N-dealkylation sites (tertiary alicyclic amines) is 1. The van der Waals surface area contributed by atoms with Crippen LogP contribution in [0.5, 0.6) is 0 Å². The van der Waals surface area contributed by atoms with Gasteiger partial charge in [-0.25, -0.2) is 0 Å². The van der Waals surface area contributed by atoms with Crippen molar-refractivity contribution < 1.29 is 5.11 Å². The summed E-state index contributed by atoms with van der Waals surface area (Å²) in [7, 11) is 0. The number of nitrogens with zero attached hydrogens (tertiary/aromatic N) is 1. The van der Waals surface area contributed by atoms with E-state index >= 15 is 0 Å². The highest BCUT2D eigenvalue weighted by Crippen LogP contribution is 2.34. The molecule has 2 N–H and O–H groups in total. The zero-order chi connectivity index (χ0) is 9.31. The maximum Gasteiger partial charge on any atom is 0.0615 e. The Balaban J connectivity index is 2.06. The third kappa shape index (κ3) is 1.39. The molecule has 1 atom stereocenters. The topological polar surface area (TPSA) is 35.5 Å². The van der Waals surface area contributed by atoms with E-state index in [9.17, 15) is 5.11 Å². The van der Waals surface area contributed by atoms with Gasteiger partial charge in [-0.3, -0.25) is 4.90 Å². The van der Waals surface area contributed by atoms with Gasteiger partial charge in [-0.15, -0.1) is 0 Å². The molecular formula is C10H20N2O. The maximum atomic E-state index is 9.49. The maximum absolute atomic E-state index is 9.49. The van der Waals surface area contributed by atoms with Crippen LogP contribution in [-0.4, -0.2) is 47.8 Å². The molecule has 2 heterocycles. The van der Waals surface area contributed by atoms with Crippen molar-refractivity contribution in [2.24, 2.45) is 0 Å². The zero-order valence-corrected chi connectivity index (χ0v) is 8.42. The lowest BCUT2D eigenvalue weighted by Gasteiger charge is -2.45. The fourth-order valence-electron chi connectivity index (χ4n) is 2.68. The normalized spacial score (nSPS) is 36.5. The molecule has 0 aromatic rings. The molecule has 3 heteroatoms. The highest BCUT2D eigenvalue weighted by atomic mass is 16.3. The first-order chi connectivity index (χ1) is 6.32. The Morgan fingerprint density at radius 3 is 2.77 bits per heavy atom. The van der Waals surface area contributed by atoms with Gasteiger partial charge in [0.15, 0.2) is 0 Å². The van der Waals surface area contributed by atoms with Crippen molar-refractivity contribution in [1.29, 1.82) is 0 Å². The Bertz CT molecular complexity index is 176. The van der Waals surface area contributed by atoms with E-state index in [1.165, 1.54) is 19.4 Å². The van der Waals surface area contributed by atoms with Crippen LogP contribution in [0.25, 0.3) is 0 Å². The van der Waals surface area contributed by atoms with E-state index in [4.69, 9.17) is 0 Å². The summed E-state index contributed by atoms with van der Waals surface area (Å²) in [6, 6.07) is 0.689. The van der Waals surface area contributed by atoms with Crippen LogP contribution < -0.4 is 5.32 Å². The number of aliphatic hydroxyl groups is 1. The molecule has 2 saturated heterocycles. The minimum absolute atomic E-state index is 0.118. The molecule has 0 spiro atoms. The molecule has 2 aliphatic heterocycles. The molecule has 0 saturated carbocycles. The van der Waals surface area contributed by atoms with Crippen LogP contribution in [0.4, 0.5) is 0 Å². The molecule has 2 fully saturated rings. The molecule has 1 unspecified atom stereocenters. The lowest BCUT2D eigenvalue weighted by Crippen LogP contribution is -2.63. The van der Waals surface area contributed by atoms with Crippen molar-refractivity contribution in [1.82, 2.24) is 10.2 Å². The summed E-state index contributed by atoms with van der Waals surface area (Å²) >= 11 is 0. The van der Waals surface area contributed by atoms with Crippen molar-refractivity contribution in [2.45, 2.75) is 37.8 Å². The van der Waals surface area contributed by atoms with E-state index in [1.54, 1.807) is 0 Å². The average Bonchev–Trinajstić information content (AvgIpc) is 2.46. The van der Waals surface area contributed by atoms with E-state index in [2.05, 4.69) is 17.1 Å². The van der Waals surface area contributed by atoms with Gasteiger partial charge in [0.25, 0.3) is 0 Å². The Kier molecular flexibility index (Phi) is 2.58. The first-order valence-electron chi connectivity index (χ1n) is 5.41. The van der Waals surface area contributed by atoms with Gasteiger partial charge in [-0.05, 0) is 25.8 Å². The second-order valence-corrected chi connectivity index (χ2v) is 4.35. The lowest BCUT2D eigenvalue weighted by atomic mass is 9.92. The molecule has 0 radical (unpaired) electrons. The van der Waals surface area contributed by atoms with E-state index < -0.39 is 0 Å². The quantitative estimate of drug-likeness (QED) is 0.657. The highest BCUT2D eigenvalue weighted by molar-refractivity contribution is 5.00. The fourth-order valence-corrected chi connectivity index (χ4v) is 2.68. The smallest absolute Gasteiger partial charge is 0.0615 e. The SMILES string of the molecule is CCC1(CO)CCCN1C1CNC1. The molecule has 2 rings (SSSR count). The second kappa shape index (κ2) is 3.56. The summed E-state index contributed by atoms with van der Waals surface area (Å²) in [4.78, 5) is 2.53. The first-order valence-corrected chi connectivity index (χ1v) is 5.41. The molecule has 0 aromatic carbocycles. The molecule has 2 aliphatic rings. The third-order valence-corrected chi connectivity index (χ3v) is 3.80. The molecular weight excluding hydrogens is 164 g/mol. The summed E-state index contributed by atoms with van der Waals surface area (Å²) < 4.78 is 0.